The van der Waals surface area contributed by atoms with Gasteiger partial charge < -0.3 is 9.64 Å². The van der Waals surface area contributed by atoms with Gasteiger partial charge in [-0.3, -0.25) is 4.79 Å². The molecule has 0 N–H and O–H groups in total. The zero-order valence-electron chi connectivity index (χ0n) is 6.54. The van der Waals surface area contributed by atoms with Crippen LogP contribution in [0, 0.1) is 12.3 Å². The number of likely N-dealkylation sites (N-methyl/N-ethyl adjacent to an activating group) is 1. The minimum absolute atomic E-state index is 0.253. The van der Waals surface area contributed by atoms with Crippen molar-refractivity contribution in [2.24, 2.45) is 0 Å². The smallest absolute Gasteiger partial charge is 0.235 e. The third-order valence-corrected chi connectivity index (χ3v) is 1.70. The lowest BCUT2D eigenvalue weighted by Crippen LogP contribution is -2.43. The van der Waals surface area contributed by atoms with E-state index in [1.807, 2.05) is 11.9 Å². The van der Waals surface area contributed by atoms with Gasteiger partial charge in [-0.15, -0.1) is 6.42 Å². The summed E-state index contributed by atoms with van der Waals surface area (Å²) in [5.74, 6) is 1.81. The van der Waals surface area contributed by atoms with Crippen molar-refractivity contribution in [3.63, 3.8) is 0 Å². The summed E-state index contributed by atoms with van der Waals surface area (Å²) in [4.78, 5) is 13.0. The van der Waals surface area contributed by atoms with Crippen LogP contribution >= 0.6 is 0 Å². The fourth-order valence-corrected chi connectivity index (χ4v) is 1.03. The quantitative estimate of drug-likeness (QED) is 0.376. The zero-order valence-corrected chi connectivity index (χ0v) is 6.54. The van der Waals surface area contributed by atoms with Gasteiger partial charge in [0.1, 0.15) is 6.10 Å². The second kappa shape index (κ2) is 3.51. The number of carbonyl (C=O) groups excluding carboxylic acids is 1. The molecule has 1 aliphatic rings. The van der Waals surface area contributed by atoms with E-state index in [2.05, 4.69) is 5.92 Å². The van der Waals surface area contributed by atoms with Gasteiger partial charge in [0.25, 0.3) is 0 Å². The Morgan fingerprint density at radius 1 is 1.82 bits per heavy atom. The summed E-state index contributed by atoms with van der Waals surface area (Å²) in [5.41, 5.74) is 0. The number of hydrogen-bond donors (Lipinski definition) is 0. The van der Waals surface area contributed by atoms with E-state index in [1.165, 1.54) is 0 Å². The van der Waals surface area contributed by atoms with Crippen molar-refractivity contribution in [3.05, 3.63) is 0 Å². The number of ether oxygens (including phenoxy) is 1. The molecule has 1 unspecified atom stereocenters. The van der Waals surface area contributed by atoms with Crippen LogP contribution in [0.15, 0.2) is 0 Å². The minimum atomic E-state index is -0.404. The van der Waals surface area contributed by atoms with Crippen LogP contribution in [0.4, 0.5) is 0 Å². The molecule has 0 radical (unpaired) electrons. The molecule has 3 nitrogen and oxygen atoms in total. The highest BCUT2D eigenvalue weighted by molar-refractivity contribution is 5.98. The summed E-state index contributed by atoms with van der Waals surface area (Å²) in [7, 11) is 1.94. The molecule has 0 saturated carbocycles. The maximum Gasteiger partial charge on any atom is 0.235 e. The van der Waals surface area contributed by atoms with Crippen LogP contribution in [0.25, 0.3) is 0 Å². The van der Waals surface area contributed by atoms with Gasteiger partial charge in [0.15, 0.2) is 0 Å². The molecule has 1 fully saturated rings. The van der Waals surface area contributed by atoms with Gasteiger partial charge in [-0.2, -0.15) is 0 Å². The summed E-state index contributed by atoms with van der Waals surface area (Å²) in [6, 6.07) is 0. The molecule has 1 heterocycles. The predicted molar refractivity (Wildman–Crippen MR) is 41.1 cm³/mol. The predicted octanol–water partition coefficient (Wildman–Crippen LogP) is -0.481. The first-order valence-electron chi connectivity index (χ1n) is 3.54. The fraction of sp³-hybridized carbons (Fsp3) is 0.625. The van der Waals surface area contributed by atoms with Crippen LogP contribution in [0.5, 0.6) is 0 Å². The van der Waals surface area contributed by atoms with Crippen LogP contribution in [0.3, 0.4) is 0 Å². The molecular weight excluding hydrogens is 142 g/mol. The molecule has 0 aromatic carbocycles. The molecule has 1 saturated heterocycles. The largest absolute Gasteiger partial charge is 0.367 e. The first-order chi connectivity index (χ1) is 5.24. The molecule has 0 spiro atoms. The number of rotatable bonds is 1. The molecule has 60 valence electrons. The zero-order chi connectivity index (χ0) is 8.27. The Hall–Kier alpha value is -0.850. The second-order valence-corrected chi connectivity index (χ2v) is 2.63. The van der Waals surface area contributed by atoms with Gasteiger partial charge in [-0.05, 0) is 13.0 Å². The monoisotopic (exact) mass is 153 g/mol. The lowest BCUT2D eigenvalue weighted by atomic mass is 10.2. The molecule has 0 bridgehead atoms. The Bertz CT molecular complexity index is 195. The normalized spacial score (nSPS) is 26.0. The standard InChI is InChI=1S/C8H11NO2/c1-3-7(10)8-6-9(2)4-5-11-8/h1,8H,4-6H2,2H3. The van der Waals surface area contributed by atoms with E-state index in [4.69, 9.17) is 11.2 Å². The van der Waals surface area contributed by atoms with Gasteiger partial charge in [-0.1, -0.05) is 0 Å². The van der Waals surface area contributed by atoms with E-state index < -0.39 is 6.10 Å². The number of nitrogens with zero attached hydrogens (tertiary/aromatic N) is 1. The Kier molecular flexibility index (Phi) is 2.64. The first kappa shape index (κ1) is 8.25. The molecule has 0 aromatic heterocycles. The minimum Gasteiger partial charge on any atom is -0.367 e. The first-order valence-corrected chi connectivity index (χ1v) is 3.54. The lowest BCUT2D eigenvalue weighted by molar-refractivity contribution is -0.129. The van der Waals surface area contributed by atoms with Crippen molar-refractivity contribution < 1.29 is 9.53 Å². The Morgan fingerprint density at radius 3 is 3.09 bits per heavy atom. The average Bonchev–Trinajstić information content (AvgIpc) is 2.03. The molecule has 0 amide bonds. The number of carbonyl (C=O) groups is 1. The van der Waals surface area contributed by atoms with Gasteiger partial charge in [0.05, 0.1) is 6.61 Å². The molecule has 1 aliphatic heterocycles. The third-order valence-electron chi connectivity index (χ3n) is 1.70. The SMILES string of the molecule is C#CC(=O)C1CN(C)CCO1. The van der Waals surface area contributed by atoms with Crippen LogP contribution in [0.1, 0.15) is 0 Å². The molecule has 11 heavy (non-hydrogen) atoms. The third kappa shape index (κ3) is 2.04. The summed E-state index contributed by atoms with van der Waals surface area (Å²) in [5, 5.41) is 0. The van der Waals surface area contributed by atoms with E-state index in [-0.39, 0.29) is 5.78 Å². The van der Waals surface area contributed by atoms with Gasteiger partial charge >= 0.3 is 0 Å². The lowest BCUT2D eigenvalue weighted by Gasteiger charge is -2.27. The maximum atomic E-state index is 10.9. The highest BCUT2D eigenvalue weighted by Gasteiger charge is 2.22. The van der Waals surface area contributed by atoms with Crippen LogP contribution in [0.2, 0.25) is 0 Å². The Morgan fingerprint density at radius 2 is 2.55 bits per heavy atom. The number of ketones is 1. The van der Waals surface area contributed by atoms with E-state index in [0.29, 0.717) is 13.2 Å². The van der Waals surface area contributed by atoms with Crippen molar-refractivity contribution in [2.45, 2.75) is 6.10 Å². The fourth-order valence-electron chi connectivity index (χ4n) is 1.03. The van der Waals surface area contributed by atoms with Crippen molar-refractivity contribution >= 4 is 5.78 Å². The molecular formula is C8H11NO2. The van der Waals surface area contributed by atoms with Crippen molar-refractivity contribution in [2.75, 3.05) is 26.7 Å². The molecule has 1 atom stereocenters. The Balaban J connectivity index is 2.47. The van der Waals surface area contributed by atoms with E-state index in [9.17, 15) is 4.79 Å². The van der Waals surface area contributed by atoms with E-state index in [1.54, 1.807) is 0 Å². The van der Waals surface area contributed by atoms with Gasteiger partial charge in [0, 0.05) is 13.1 Å². The van der Waals surface area contributed by atoms with Crippen LogP contribution in [-0.2, 0) is 9.53 Å². The van der Waals surface area contributed by atoms with Crippen molar-refractivity contribution in [1.82, 2.24) is 4.90 Å². The topological polar surface area (TPSA) is 29.5 Å². The van der Waals surface area contributed by atoms with Gasteiger partial charge in [-0.25, -0.2) is 0 Å². The summed E-state index contributed by atoms with van der Waals surface area (Å²) in [6.07, 6.45) is 4.55. The molecule has 1 rings (SSSR count). The number of Topliss-reactive ketones (excluding diaryl/α,β-unsaturated/α-hetero) is 1. The van der Waals surface area contributed by atoms with Crippen LogP contribution in [-0.4, -0.2) is 43.5 Å². The van der Waals surface area contributed by atoms with Gasteiger partial charge in [0.2, 0.25) is 5.78 Å². The number of morpholine rings is 1. The molecule has 3 heteroatoms. The molecule has 0 aromatic rings. The molecule has 0 aliphatic carbocycles. The second-order valence-electron chi connectivity index (χ2n) is 2.63. The van der Waals surface area contributed by atoms with Crippen LogP contribution < -0.4 is 0 Å². The van der Waals surface area contributed by atoms with E-state index >= 15 is 0 Å². The highest BCUT2D eigenvalue weighted by atomic mass is 16.5. The average molecular weight is 153 g/mol. The van der Waals surface area contributed by atoms with E-state index in [0.717, 1.165) is 6.54 Å². The summed E-state index contributed by atoms with van der Waals surface area (Å²) in [6.45, 7) is 2.08. The summed E-state index contributed by atoms with van der Waals surface area (Å²) >= 11 is 0. The number of hydrogen-bond acceptors (Lipinski definition) is 3. The summed E-state index contributed by atoms with van der Waals surface area (Å²) < 4.78 is 5.17. The van der Waals surface area contributed by atoms with Crippen molar-refractivity contribution in [1.29, 1.82) is 0 Å². The van der Waals surface area contributed by atoms with Crippen molar-refractivity contribution in [3.8, 4) is 12.3 Å². The Labute approximate surface area is 66.3 Å². The highest BCUT2D eigenvalue weighted by Crippen LogP contribution is 2.02. The maximum absolute atomic E-state index is 10.9. The number of terminal acetylenes is 1.